The summed E-state index contributed by atoms with van der Waals surface area (Å²) in [5, 5.41) is 0.604. The molecule has 0 saturated carbocycles. The van der Waals surface area contributed by atoms with E-state index in [1.165, 1.54) is 4.88 Å². The van der Waals surface area contributed by atoms with Gasteiger partial charge in [-0.25, -0.2) is 0 Å². The number of nitrogens with two attached hydrogens (primary N) is 1. The molecule has 14 heavy (non-hydrogen) atoms. The van der Waals surface area contributed by atoms with Gasteiger partial charge in [-0.2, -0.15) is 0 Å². The second-order valence-corrected chi connectivity index (χ2v) is 5.71. The van der Waals surface area contributed by atoms with Crippen LogP contribution in [0.25, 0.3) is 10.4 Å². The molecular weight excluding hydrogens is 282 g/mol. The van der Waals surface area contributed by atoms with Gasteiger partial charge in [0.15, 0.2) is 0 Å². The molecule has 1 heterocycles. The van der Waals surface area contributed by atoms with E-state index >= 15 is 0 Å². The van der Waals surface area contributed by atoms with Gasteiger partial charge in [0.1, 0.15) is 0 Å². The minimum Gasteiger partial charge on any atom is -0.398 e. The van der Waals surface area contributed by atoms with E-state index in [0.29, 0.717) is 10.7 Å². The van der Waals surface area contributed by atoms with Crippen LogP contribution in [0, 0.1) is 0 Å². The van der Waals surface area contributed by atoms with E-state index in [4.69, 9.17) is 17.3 Å². The Hall–Kier alpha value is -0.510. The number of halogens is 2. The highest BCUT2D eigenvalue weighted by molar-refractivity contribution is 9.11. The average molecular weight is 289 g/mol. The second-order valence-electron chi connectivity index (χ2n) is 2.84. The first-order valence-corrected chi connectivity index (χ1v) is 5.96. The van der Waals surface area contributed by atoms with E-state index in [2.05, 4.69) is 22.0 Å². The summed E-state index contributed by atoms with van der Waals surface area (Å²) in [6, 6.07) is 9.75. The van der Waals surface area contributed by atoms with Crippen LogP contribution in [0.2, 0.25) is 5.02 Å². The number of nitrogen functional groups attached to an aromatic ring is 1. The zero-order valence-corrected chi connectivity index (χ0v) is 10.3. The van der Waals surface area contributed by atoms with Crippen molar-refractivity contribution in [2.24, 2.45) is 0 Å². The van der Waals surface area contributed by atoms with Crippen molar-refractivity contribution in [2.75, 3.05) is 5.73 Å². The molecule has 0 amide bonds. The van der Waals surface area contributed by atoms with Crippen LogP contribution in [0.3, 0.4) is 0 Å². The first-order chi connectivity index (χ1) is 6.66. The van der Waals surface area contributed by atoms with Crippen molar-refractivity contribution in [3.63, 3.8) is 0 Å². The summed E-state index contributed by atoms with van der Waals surface area (Å²) in [4.78, 5) is 1.18. The lowest BCUT2D eigenvalue weighted by Gasteiger charge is -2.00. The molecule has 0 radical (unpaired) electrons. The number of rotatable bonds is 1. The van der Waals surface area contributed by atoms with E-state index < -0.39 is 0 Å². The van der Waals surface area contributed by atoms with Crippen LogP contribution in [0.1, 0.15) is 0 Å². The Morgan fingerprint density at radius 3 is 2.57 bits per heavy atom. The molecule has 0 atom stereocenters. The van der Waals surface area contributed by atoms with Crippen molar-refractivity contribution in [1.29, 1.82) is 0 Å². The SMILES string of the molecule is Nc1ccc(-c2ccc(Br)s2)cc1Cl. The number of benzene rings is 1. The first kappa shape index (κ1) is 10.0. The lowest BCUT2D eigenvalue weighted by Crippen LogP contribution is -1.85. The van der Waals surface area contributed by atoms with Crippen molar-refractivity contribution < 1.29 is 0 Å². The van der Waals surface area contributed by atoms with Gasteiger partial charge in [0, 0.05) is 4.88 Å². The summed E-state index contributed by atoms with van der Waals surface area (Å²) in [5.74, 6) is 0. The molecule has 0 aliphatic carbocycles. The standard InChI is InChI=1S/C10H7BrClNS/c11-10-4-3-9(14-10)6-1-2-8(13)7(12)5-6/h1-5H,13H2. The van der Waals surface area contributed by atoms with Crippen molar-refractivity contribution in [3.05, 3.63) is 39.1 Å². The van der Waals surface area contributed by atoms with Gasteiger partial charge in [0.2, 0.25) is 0 Å². The van der Waals surface area contributed by atoms with Gasteiger partial charge in [0.25, 0.3) is 0 Å². The molecule has 0 fully saturated rings. The summed E-state index contributed by atoms with van der Waals surface area (Å²) < 4.78 is 1.11. The molecule has 2 aromatic rings. The van der Waals surface area contributed by atoms with E-state index in [1.54, 1.807) is 11.3 Å². The lowest BCUT2D eigenvalue weighted by molar-refractivity contribution is 1.67. The Morgan fingerprint density at radius 2 is 2.00 bits per heavy atom. The van der Waals surface area contributed by atoms with Crippen LogP contribution in [0.4, 0.5) is 5.69 Å². The molecule has 2 N–H and O–H groups in total. The third-order valence-corrected chi connectivity index (χ3v) is 3.86. The molecule has 0 aliphatic rings. The minimum atomic E-state index is 0.604. The quantitative estimate of drug-likeness (QED) is 0.773. The monoisotopic (exact) mass is 287 g/mol. The average Bonchev–Trinajstić information content (AvgIpc) is 2.57. The largest absolute Gasteiger partial charge is 0.398 e. The third kappa shape index (κ3) is 1.95. The highest BCUT2D eigenvalue weighted by Crippen LogP contribution is 2.33. The molecule has 4 heteroatoms. The Kier molecular flexibility index (Phi) is 2.81. The molecular formula is C10H7BrClNS. The zero-order valence-electron chi connectivity index (χ0n) is 7.13. The summed E-state index contributed by atoms with van der Waals surface area (Å²) >= 11 is 11.0. The van der Waals surface area contributed by atoms with Gasteiger partial charge < -0.3 is 5.73 Å². The van der Waals surface area contributed by atoms with Crippen LogP contribution in [0.15, 0.2) is 34.1 Å². The predicted octanol–water partition coefficient (Wildman–Crippen LogP) is 4.41. The summed E-state index contributed by atoms with van der Waals surface area (Å²) in [5.41, 5.74) is 7.35. The van der Waals surface area contributed by atoms with Crippen molar-refractivity contribution in [2.45, 2.75) is 0 Å². The topological polar surface area (TPSA) is 26.0 Å². The Balaban J connectivity index is 2.47. The van der Waals surface area contributed by atoms with Gasteiger partial charge in [-0.05, 0) is 45.8 Å². The normalized spacial score (nSPS) is 10.4. The van der Waals surface area contributed by atoms with Gasteiger partial charge >= 0.3 is 0 Å². The van der Waals surface area contributed by atoms with Crippen LogP contribution in [-0.4, -0.2) is 0 Å². The van der Waals surface area contributed by atoms with Crippen LogP contribution in [0.5, 0.6) is 0 Å². The summed E-state index contributed by atoms with van der Waals surface area (Å²) in [7, 11) is 0. The molecule has 0 aliphatic heterocycles. The van der Waals surface area contributed by atoms with E-state index in [1.807, 2.05) is 24.3 Å². The van der Waals surface area contributed by atoms with Crippen LogP contribution < -0.4 is 5.73 Å². The molecule has 1 nitrogen and oxygen atoms in total. The Bertz CT molecular complexity index is 467. The molecule has 72 valence electrons. The van der Waals surface area contributed by atoms with E-state index in [9.17, 15) is 0 Å². The Morgan fingerprint density at radius 1 is 1.21 bits per heavy atom. The van der Waals surface area contributed by atoms with Crippen LogP contribution >= 0.6 is 38.9 Å². The summed E-state index contributed by atoms with van der Waals surface area (Å²) in [6.07, 6.45) is 0. The number of thiophene rings is 1. The summed E-state index contributed by atoms with van der Waals surface area (Å²) in [6.45, 7) is 0. The second kappa shape index (κ2) is 3.93. The predicted molar refractivity (Wildman–Crippen MR) is 66.9 cm³/mol. The molecule has 1 aromatic carbocycles. The molecule has 0 unspecified atom stereocenters. The molecule has 0 saturated heterocycles. The van der Waals surface area contributed by atoms with Gasteiger partial charge in [-0.3, -0.25) is 0 Å². The zero-order chi connectivity index (χ0) is 10.1. The van der Waals surface area contributed by atoms with Crippen LogP contribution in [-0.2, 0) is 0 Å². The first-order valence-electron chi connectivity index (χ1n) is 3.97. The fourth-order valence-electron chi connectivity index (χ4n) is 1.15. The third-order valence-electron chi connectivity index (χ3n) is 1.86. The smallest absolute Gasteiger partial charge is 0.0705 e. The van der Waals surface area contributed by atoms with Crippen molar-refractivity contribution in [1.82, 2.24) is 0 Å². The highest BCUT2D eigenvalue weighted by Gasteiger charge is 2.03. The maximum absolute atomic E-state index is 5.94. The maximum Gasteiger partial charge on any atom is 0.0705 e. The Labute approximate surface area is 99.6 Å². The van der Waals surface area contributed by atoms with E-state index in [-0.39, 0.29) is 0 Å². The minimum absolute atomic E-state index is 0.604. The maximum atomic E-state index is 5.94. The lowest BCUT2D eigenvalue weighted by atomic mass is 10.2. The molecule has 1 aromatic heterocycles. The van der Waals surface area contributed by atoms with Crippen molar-refractivity contribution >= 4 is 44.6 Å². The van der Waals surface area contributed by atoms with Gasteiger partial charge in [0.05, 0.1) is 14.5 Å². The molecule has 0 bridgehead atoms. The van der Waals surface area contributed by atoms with Crippen molar-refractivity contribution in [3.8, 4) is 10.4 Å². The fourth-order valence-corrected chi connectivity index (χ4v) is 2.71. The van der Waals surface area contributed by atoms with E-state index in [0.717, 1.165) is 9.35 Å². The fraction of sp³-hybridized carbons (Fsp3) is 0. The molecule has 2 rings (SSSR count). The molecule has 0 spiro atoms. The van der Waals surface area contributed by atoms with Gasteiger partial charge in [-0.1, -0.05) is 17.7 Å². The number of hydrogen-bond acceptors (Lipinski definition) is 2. The number of hydrogen-bond donors (Lipinski definition) is 1. The number of anilines is 1. The van der Waals surface area contributed by atoms with Gasteiger partial charge in [-0.15, -0.1) is 11.3 Å². The highest BCUT2D eigenvalue weighted by atomic mass is 79.9.